The quantitative estimate of drug-likeness (QED) is 0.840. The van der Waals surface area contributed by atoms with Crippen molar-refractivity contribution in [3.05, 3.63) is 34.2 Å². The third-order valence-electron chi connectivity index (χ3n) is 3.75. The maximum atomic E-state index is 5.89. The van der Waals surface area contributed by atoms with Gasteiger partial charge in [0.1, 0.15) is 6.61 Å². The molecule has 1 aliphatic carbocycles. The molecule has 2 aromatic heterocycles. The second-order valence-corrected chi connectivity index (χ2v) is 6.58. The highest BCUT2D eigenvalue weighted by Crippen LogP contribution is 2.26. The van der Waals surface area contributed by atoms with E-state index in [2.05, 4.69) is 28.6 Å². The van der Waals surface area contributed by atoms with Crippen molar-refractivity contribution in [2.75, 3.05) is 0 Å². The van der Waals surface area contributed by atoms with Gasteiger partial charge in [0.05, 0.1) is 12.5 Å². The molecule has 5 heteroatoms. The first kappa shape index (κ1) is 13.8. The Balaban J connectivity index is 1.49. The Labute approximate surface area is 123 Å². The van der Waals surface area contributed by atoms with Crippen LogP contribution in [0.5, 0.6) is 0 Å². The van der Waals surface area contributed by atoms with E-state index in [0.29, 0.717) is 30.9 Å². The summed E-state index contributed by atoms with van der Waals surface area (Å²) in [5.74, 6) is 2.03. The molecule has 1 saturated carbocycles. The van der Waals surface area contributed by atoms with Gasteiger partial charge in [-0.2, -0.15) is 0 Å². The fourth-order valence-corrected chi connectivity index (χ4v) is 3.40. The fraction of sp³-hybridized carbons (Fsp3) is 0.600. The predicted octanol–water partition coefficient (Wildman–Crippen LogP) is 3.82. The van der Waals surface area contributed by atoms with Crippen molar-refractivity contribution in [1.29, 1.82) is 0 Å². The maximum absolute atomic E-state index is 5.89. The van der Waals surface area contributed by atoms with Crippen molar-refractivity contribution in [2.45, 2.75) is 51.7 Å². The molecule has 0 N–H and O–H groups in total. The van der Waals surface area contributed by atoms with E-state index in [9.17, 15) is 0 Å². The molecule has 0 aliphatic heterocycles. The van der Waals surface area contributed by atoms with Crippen LogP contribution in [0.3, 0.4) is 0 Å². The van der Waals surface area contributed by atoms with Gasteiger partial charge in [-0.3, -0.25) is 0 Å². The molecule has 1 fully saturated rings. The Hall–Kier alpha value is -1.20. The lowest BCUT2D eigenvalue weighted by atomic mass is 9.89. The number of hydrogen-bond donors (Lipinski definition) is 0. The number of rotatable bonds is 5. The van der Waals surface area contributed by atoms with Crippen molar-refractivity contribution < 1.29 is 9.15 Å². The molecule has 20 heavy (non-hydrogen) atoms. The Morgan fingerprint density at radius 2 is 2.25 bits per heavy atom. The zero-order valence-electron chi connectivity index (χ0n) is 11.7. The van der Waals surface area contributed by atoms with Gasteiger partial charge < -0.3 is 9.15 Å². The second-order valence-electron chi connectivity index (χ2n) is 5.55. The number of aromatic nitrogens is 2. The summed E-state index contributed by atoms with van der Waals surface area (Å²) in [7, 11) is 0. The van der Waals surface area contributed by atoms with Crippen molar-refractivity contribution in [3.8, 4) is 0 Å². The van der Waals surface area contributed by atoms with Crippen LogP contribution in [0.4, 0.5) is 0 Å². The van der Waals surface area contributed by atoms with Crippen LogP contribution in [-0.4, -0.2) is 16.3 Å². The average molecular weight is 292 g/mol. The van der Waals surface area contributed by atoms with Gasteiger partial charge in [-0.1, -0.05) is 25.8 Å². The topological polar surface area (TPSA) is 48.2 Å². The standard InChI is InChI=1S/C15H20N2O2S/c1-11-4-2-5-12(8-11)18-10-15-17-16-14(19-15)9-13-6-3-7-20-13/h3,6-7,11-12H,2,4-5,8-10H2,1H3/t11-,12-/m0/s1. The molecule has 3 rings (SSSR count). The van der Waals surface area contributed by atoms with Crippen LogP contribution >= 0.6 is 11.3 Å². The van der Waals surface area contributed by atoms with E-state index >= 15 is 0 Å². The van der Waals surface area contributed by atoms with Crippen LogP contribution < -0.4 is 0 Å². The van der Waals surface area contributed by atoms with Crippen molar-refractivity contribution in [2.24, 2.45) is 5.92 Å². The highest BCUT2D eigenvalue weighted by Gasteiger charge is 2.20. The lowest BCUT2D eigenvalue weighted by Crippen LogP contribution is -2.21. The van der Waals surface area contributed by atoms with Crippen LogP contribution in [0.15, 0.2) is 21.9 Å². The zero-order chi connectivity index (χ0) is 13.8. The molecule has 2 heterocycles. The highest BCUT2D eigenvalue weighted by molar-refractivity contribution is 7.09. The number of thiophene rings is 1. The molecule has 0 amide bonds. The molecule has 1 aliphatic rings. The lowest BCUT2D eigenvalue weighted by molar-refractivity contribution is -0.00488. The summed E-state index contributed by atoms with van der Waals surface area (Å²) >= 11 is 1.70. The van der Waals surface area contributed by atoms with E-state index in [-0.39, 0.29) is 0 Å². The van der Waals surface area contributed by atoms with Gasteiger partial charge in [0.2, 0.25) is 11.8 Å². The molecular formula is C15H20N2O2S. The van der Waals surface area contributed by atoms with Crippen LogP contribution in [-0.2, 0) is 17.8 Å². The van der Waals surface area contributed by atoms with E-state index in [1.54, 1.807) is 11.3 Å². The lowest BCUT2D eigenvalue weighted by Gasteiger charge is -2.26. The smallest absolute Gasteiger partial charge is 0.242 e. The fourth-order valence-electron chi connectivity index (χ4n) is 2.70. The summed E-state index contributed by atoms with van der Waals surface area (Å²) in [5.41, 5.74) is 0. The molecule has 108 valence electrons. The molecule has 4 nitrogen and oxygen atoms in total. The molecule has 0 unspecified atom stereocenters. The molecular weight excluding hydrogens is 272 g/mol. The number of ether oxygens (including phenoxy) is 1. The van der Waals surface area contributed by atoms with Crippen molar-refractivity contribution in [3.63, 3.8) is 0 Å². The zero-order valence-corrected chi connectivity index (χ0v) is 12.6. The van der Waals surface area contributed by atoms with Gasteiger partial charge in [-0.25, -0.2) is 0 Å². The third kappa shape index (κ3) is 3.67. The Morgan fingerprint density at radius 3 is 3.05 bits per heavy atom. The van der Waals surface area contributed by atoms with Gasteiger partial charge in [-0.05, 0) is 30.2 Å². The number of nitrogens with zero attached hydrogens (tertiary/aromatic N) is 2. The van der Waals surface area contributed by atoms with Gasteiger partial charge in [0.15, 0.2) is 0 Å². The third-order valence-corrected chi connectivity index (χ3v) is 4.62. The minimum atomic E-state index is 0.353. The van der Waals surface area contributed by atoms with Crippen LogP contribution in [0, 0.1) is 5.92 Å². The molecule has 2 atom stereocenters. The maximum Gasteiger partial charge on any atom is 0.242 e. The first-order valence-electron chi connectivity index (χ1n) is 7.25. The summed E-state index contributed by atoms with van der Waals surface area (Å²) in [6.45, 7) is 2.73. The minimum Gasteiger partial charge on any atom is -0.422 e. The Morgan fingerprint density at radius 1 is 1.35 bits per heavy atom. The normalized spacial score (nSPS) is 23.1. The van der Waals surface area contributed by atoms with E-state index in [1.807, 2.05) is 6.07 Å². The van der Waals surface area contributed by atoms with Crippen molar-refractivity contribution >= 4 is 11.3 Å². The molecule has 0 radical (unpaired) electrons. The molecule has 0 spiro atoms. The molecule has 2 aromatic rings. The second kappa shape index (κ2) is 6.50. The summed E-state index contributed by atoms with van der Waals surface area (Å²) in [4.78, 5) is 1.24. The van der Waals surface area contributed by atoms with Gasteiger partial charge in [0, 0.05) is 4.88 Å². The molecule has 0 saturated heterocycles. The van der Waals surface area contributed by atoms with Crippen LogP contribution in [0.2, 0.25) is 0 Å². The highest BCUT2D eigenvalue weighted by atomic mass is 32.1. The summed E-state index contributed by atoms with van der Waals surface area (Å²) in [6, 6.07) is 4.11. The first-order valence-corrected chi connectivity index (χ1v) is 8.13. The summed E-state index contributed by atoms with van der Waals surface area (Å²) < 4.78 is 11.5. The monoisotopic (exact) mass is 292 g/mol. The molecule has 0 bridgehead atoms. The van der Waals surface area contributed by atoms with Gasteiger partial charge in [0.25, 0.3) is 0 Å². The van der Waals surface area contributed by atoms with E-state index in [1.165, 1.54) is 17.7 Å². The van der Waals surface area contributed by atoms with E-state index in [0.717, 1.165) is 18.8 Å². The minimum absolute atomic E-state index is 0.353. The van der Waals surface area contributed by atoms with E-state index < -0.39 is 0 Å². The van der Waals surface area contributed by atoms with Crippen LogP contribution in [0.1, 0.15) is 49.3 Å². The summed E-state index contributed by atoms with van der Waals surface area (Å²) in [6.07, 6.45) is 5.96. The van der Waals surface area contributed by atoms with E-state index in [4.69, 9.17) is 9.15 Å². The predicted molar refractivity (Wildman–Crippen MR) is 77.6 cm³/mol. The first-order chi connectivity index (χ1) is 9.79. The Bertz CT molecular complexity index is 524. The average Bonchev–Trinajstić information content (AvgIpc) is 3.09. The molecule has 0 aromatic carbocycles. The number of hydrogen-bond acceptors (Lipinski definition) is 5. The van der Waals surface area contributed by atoms with Crippen molar-refractivity contribution in [1.82, 2.24) is 10.2 Å². The largest absolute Gasteiger partial charge is 0.422 e. The Kier molecular flexibility index (Phi) is 4.47. The SMILES string of the molecule is C[C@H]1CCC[C@H](OCc2nnc(Cc3cccs3)o2)C1. The van der Waals surface area contributed by atoms with Gasteiger partial charge in [-0.15, -0.1) is 21.5 Å². The summed E-state index contributed by atoms with van der Waals surface area (Å²) in [5, 5.41) is 10.2. The van der Waals surface area contributed by atoms with Crippen LogP contribution in [0.25, 0.3) is 0 Å². The van der Waals surface area contributed by atoms with Gasteiger partial charge >= 0.3 is 0 Å².